The van der Waals surface area contributed by atoms with Gasteiger partial charge in [-0.05, 0) is 6.07 Å². The van der Waals surface area contributed by atoms with Crippen LogP contribution in [0.4, 0.5) is 0 Å². The number of benzene rings is 1. The molecule has 4 nitrogen and oxygen atoms in total. The first kappa shape index (κ1) is 9.45. The van der Waals surface area contributed by atoms with Crippen molar-refractivity contribution in [1.82, 2.24) is 5.16 Å². The average Bonchev–Trinajstić information content (AvgIpc) is 2.81. The molecule has 0 aliphatic rings. The van der Waals surface area contributed by atoms with Crippen LogP contribution in [-0.4, -0.2) is 18.2 Å². The molecule has 0 N–H and O–H groups in total. The van der Waals surface area contributed by atoms with Crippen LogP contribution >= 0.6 is 0 Å². The molecule has 0 saturated heterocycles. The highest BCUT2D eigenvalue weighted by Crippen LogP contribution is 2.23. The molecule has 0 amide bonds. The Morgan fingerprint density at radius 3 is 2.87 bits per heavy atom. The van der Waals surface area contributed by atoms with Crippen LogP contribution in [0.5, 0.6) is 0 Å². The van der Waals surface area contributed by atoms with Gasteiger partial charge in [0.15, 0.2) is 0 Å². The third-order valence-corrected chi connectivity index (χ3v) is 2.08. The van der Waals surface area contributed by atoms with Crippen molar-refractivity contribution in [2.24, 2.45) is 0 Å². The molecule has 2 aromatic rings. The van der Waals surface area contributed by atoms with Crippen molar-refractivity contribution in [3.8, 4) is 11.1 Å². The lowest BCUT2D eigenvalue weighted by Gasteiger charge is -2.04. The number of nitrogens with zero attached hydrogens (tertiary/aromatic N) is 1. The summed E-state index contributed by atoms with van der Waals surface area (Å²) in [7, 11) is 1.35. The highest BCUT2D eigenvalue weighted by molar-refractivity contribution is 5.96. The van der Waals surface area contributed by atoms with E-state index in [9.17, 15) is 4.79 Å². The summed E-state index contributed by atoms with van der Waals surface area (Å²) >= 11 is 0. The van der Waals surface area contributed by atoms with Crippen LogP contribution in [0.3, 0.4) is 0 Å². The summed E-state index contributed by atoms with van der Waals surface area (Å²) < 4.78 is 9.42. The lowest BCUT2D eigenvalue weighted by atomic mass is 10.0. The monoisotopic (exact) mass is 203 g/mol. The van der Waals surface area contributed by atoms with Gasteiger partial charge < -0.3 is 9.26 Å². The Kier molecular flexibility index (Phi) is 2.49. The van der Waals surface area contributed by atoms with Gasteiger partial charge in [0.1, 0.15) is 6.26 Å². The van der Waals surface area contributed by atoms with Gasteiger partial charge in [-0.25, -0.2) is 4.79 Å². The first-order valence-corrected chi connectivity index (χ1v) is 4.40. The zero-order valence-electron chi connectivity index (χ0n) is 8.14. The summed E-state index contributed by atoms with van der Waals surface area (Å²) in [5, 5.41) is 3.60. The van der Waals surface area contributed by atoms with E-state index in [1.54, 1.807) is 18.3 Å². The highest BCUT2D eigenvalue weighted by Gasteiger charge is 2.13. The fourth-order valence-electron chi connectivity index (χ4n) is 1.36. The topological polar surface area (TPSA) is 52.3 Å². The summed E-state index contributed by atoms with van der Waals surface area (Å²) in [5.41, 5.74) is 2.02. The van der Waals surface area contributed by atoms with Gasteiger partial charge in [0.25, 0.3) is 0 Å². The van der Waals surface area contributed by atoms with E-state index >= 15 is 0 Å². The lowest BCUT2D eigenvalue weighted by Crippen LogP contribution is -2.02. The molecule has 1 aromatic carbocycles. The van der Waals surface area contributed by atoms with Gasteiger partial charge in [-0.3, -0.25) is 0 Å². The van der Waals surface area contributed by atoms with E-state index in [1.807, 2.05) is 12.1 Å². The van der Waals surface area contributed by atoms with Gasteiger partial charge in [-0.15, -0.1) is 0 Å². The summed E-state index contributed by atoms with van der Waals surface area (Å²) in [5.74, 6) is -0.369. The molecule has 0 atom stereocenters. The molecule has 0 spiro atoms. The minimum Gasteiger partial charge on any atom is -0.465 e. The van der Waals surface area contributed by atoms with Gasteiger partial charge in [0, 0.05) is 11.1 Å². The average molecular weight is 203 g/mol. The molecular weight excluding hydrogens is 194 g/mol. The molecule has 0 unspecified atom stereocenters. The highest BCUT2D eigenvalue weighted by atomic mass is 16.5. The summed E-state index contributed by atoms with van der Waals surface area (Å²) in [6.07, 6.45) is 3.05. The van der Waals surface area contributed by atoms with E-state index in [0.29, 0.717) is 5.56 Å². The van der Waals surface area contributed by atoms with Crippen molar-refractivity contribution in [2.45, 2.75) is 0 Å². The third kappa shape index (κ3) is 1.74. The Morgan fingerprint density at radius 2 is 2.20 bits per heavy atom. The number of methoxy groups -OCH3 is 1. The molecule has 2 rings (SSSR count). The second-order valence-corrected chi connectivity index (χ2v) is 2.95. The molecular formula is C11H9NO3. The van der Waals surface area contributed by atoms with E-state index in [-0.39, 0.29) is 5.97 Å². The first-order valence-electron chi connectivity index (χ1n) is 4.40. The number of esters is 1. The van der Waals surface area contributed by atoms with Crippen LogP contribution in [0.15, 0.2) is 41.2 Å². The van der Waals surface area contributed by atoms with Gasteiger partial charge in [-0.1, -0.05) is 23.4 Å². The number of ether oxygens (including phenoxy) is 1. The Hall–Kier alpha value is -2.10. The molecule has 0 aliphatic heterocycles. The van der Waals surface area contributed by atoms with E-state index in [1.165, 1.54) is 13.4 Å². The van der Waals surface area contributed by atoms with E-state index < -0.39 is 0 Å². The standard InChI is InChI=1S/C11H9NO3/c1-14-11(13)10-5-3-2-4-9(10)8-6-12-15-7-8/h2-7H,1H3. The van der Waals surface area contributed by atoms with Crippen molar-refractivity contribution >= 4 is 5.97 Å². The number of rotatable bonds is 2. The Morgan fingerprint density at radius 1 is 1.40 bits per heavy atom. The van der Waals surface area contributed by atoms with Crippen molar-refractivity contribution in [3.05, 3.63) is 42.3 Å². The molecule has 76 valence electrons. The SMILES string of the molecule is COC(=O)c1ccccc1-c1cnoc1. The molecule has 0 aliphatic carbocycles. The van der Waals surface area contributed by atoms with Crippen molar-refractivity contribution < 1.29 is 14.1 Å². The maximum atomic E-state index is 11.5. The van der Waals surface area contributed by atoms with E-state index in [0.717, 1.165) is 11.1 Å². The molecule has 0 saturated carbocycles. The van der Waals surface area contributed by atoms with Gasteiger partial charge in [0.2, 0.25) is 0 Å². The number of aromatic nitrogens is 1. The first-order chi connectivity index (χ1) is 7.33. The fourth-order valence-corrected chi connectivity index (χ4v) is 1.36. The Labute approximate surface area is 86.5 Å². The van der Waals surface area contributed by atoms with Crippen molar-refractivity contribution in [2.75, 3.05) is 7.11 Å². The van der Waals surface area contributed by atoms with Crippen LogP contribution < -0.4 is 0 Å². The lowest BCUT2D eigenvalue weighted by molar-refractivity contribution is 0.0601. The van der Waals surface area contributed by atoms with Gasteiger partial charge >= 0.3 is 5.97 Å². The molecule has 0 bridgehead atoms. The minimum absolute atomic E-state index is 0.369. The quantitative estimate of drug-likeness (QED) is 0.701. The van der Waals surface area contributed by atoms with Gasteiger partial charge in [-0.2, -0.15) is 0 Å². The maximum absolute atomic E-state index is 11.5. The second kappa shape index (κ2) is 3.96. The molecule has 1 aromatic heterocycles. The van der Waals surface area contributed by atoms with E-state index in [2.05, 4.69) is 9.89 Å². The van der Waals surface area contributed by atoms with Crippen LogP contribution in [0.1, 0.15) is 10.4 Å². The fraction of sp³-hybridized carbons (Fsp3) is 0.0909. The summed E-state index contributed by atoms with van der Waals surface area (Å²) in [6, 6.07) is 7.14. The van der Waals surface area contributed by atoms with Crippen molar-refractivity contribution in [3.63, 3.8) is 0 Å². The zero-order valence-corrected chi connectivity index (χ0v) is 8.14. The van der Waals surface area contributed by atoms with Crippen LogP contribution in [-0.2, 0) is 4.74 Å². The molecule has 4 heteroatoms. The maximum Gasteiger partial charge on any atom is 0.338 e. The number of carbonyl (C=O) groups excluding carboxylic acids is 1. The normalized spacial score (nSPS) is 9.93. The second-order valence-electron chi connectivity index (χ2n) is 2.95. The smallest absolute Gasteiger partial charge is 0.338 e. The molecule has 1 heterocycles. The van der Waals surface area contributed by atoms with E-state index in [4.69, 9.17) is 4.52 Å². The summed E-state index contributed by atoms with van der Waals surface area (Å²) in [4.78, 5) is 11.5. The molecule has 15 heavy (non-hydrogen) atoms. The number of carbonyl (C=O) groups is 1. The van der Waals surface area contributed by atoms with Crippen LogP contribution in [0.25, 0.3) is 11.1 Å². The predicted octanol–water partition coefficient (Wildman–Crippen LogP) is 2.13. The Bertz CT molecular complexity index is 462. The number of hydrogen-bond acceptors (Lipinski definition) is 4. The van der Waals surface area contributed by atoms with Crippen molar-refractivity contribution in [1.29, 1.82) is 0 Å². The summed E-state index contributed by atoms with van der Waals surface area (Å²) in [6.45, 7) is 0. The van der Waals surface area contributed by atoms with Crippen LogP contribution in [0, 0.1) is 0 Å². The number of hydrogen-bond donors (Lipinski definition) is 0. The van der Waals surface area contributed by atoms with Crippen LogP contribution in [0.2, 0.25) is 0 Å². The predicted molar refractivity (Wildman–Crippen MR) is 53.3 cm³/mol. The zero-order chi connectivity index (χ0) is 10.7. The molecule has 0 fully saturated rings. The minimum atomic E-state index is -0.369. The Balaban J connectivity index is 2.52. The molecule has 0 radical (unpaired) electrons. The third-order valence-electron chi connectivity index (χ3n) is 2.08. The largest absolute Gasteiger partial charge is 0.465 e. The van der Waals surface area contributed by atoms with Gasteiger partial charge in [0.05, 0.1) is 18.9 Å².